The Morgan fingerprint density at radius 3 is 2.11 bits per heavy atom. The molecular weight excluding hydrogens is 496 g/mol. The molecule has 4 amide bonds. The molecule has 200 valence electrons. The summed E-state index contributed by atoms with van der Waals surface area (Å²) in [7, 11) is 0. The third-order valence-electron chi connectivity index (χ3n) is 5.41. The minimum absolute atomic E-state index is 0. The first-order chi connectivity index (χ1) is 17.0. The number of hydrogen-bond acceptors (Lipinski definition) is 10. The van der Waals surface area contributed by atoms with Crippen LogP contribution in [0.4, 0.5) is 5.69 Å². The zero-order valence-electron chi connectivity index (χ0n) is 20.0. The highest BCUT2D eigenvalue weighted by Gasteiger charge is 2.45. The summed E-state index contributed by atoms with van der Waals surface area (Å²) in [6.45, 7) is 4.52. The maximum atomic E-state index is 13.0. The number of nitrogens with zero attached hydrogens (tertiary/aromatic N) is 1. The summed E-state index contributed by atoms with van der Waals surface area (Å²) in [6, 6.07) is 3.92. The van der Waals surface area contributed by atoms with E-state index in [1.54, 1.807) is 18.2 Å². The average molecular weight is 529 g/mol. The van der Waals surface area contributed by atoms with Gasteiger partial charge in [-0.1, -0.05) is 6.07 Å². The van der Waals surface area contributed by atoms with Gasteiger partial charge < -0.3 is 30.0 Å². The van der Waals surface area contributed by atoms with E-state index in [4.69, 9.17) is 24.7 Å². The summed E-state index contributed by atoms with van der Waals surface area (Å²) in [5, 5.41) is 5.31. The molecular formula is C23H33ClN4O8. The average Bonchev–Trinajstić information content (AvgIpc) is 3.10. The van der Waals surface area contributed by atoms with Gasteiger partial charge in [0.05, 0.1) is 64.0 Å². The highest BCUT2D eigenvalue weighted by Crippen LogP contribution is 2.32. The third-order valence-corrected chi connectivity index (χ3v) is 5.41. The number of amides is 4. The van der Waals surface area contributed by atoms with Crippen LogP contribution in [0.15, 0.2) is 18.2 Å². The second-order valence-electron chi connectivity index (χ2n) is 7.84. The van der Waals surface area contributed by atoms with Gasteiger partial charge >= 0.3 is 0 Å². The molecule has 2 heterocycles. The minimum Gasteiger partial charge on any atom is -0.382 e. The maximum absolute atomic E-state index is 13.0. The van der Waals surface area contributed by atoms with Gasteiger partial charge in [-0.05, 0) is 18.6 Å². The summed E-state index contributed by atoms with van der Waals surface area (Å²) >= 11 is 0. The van der Waals surface area contributed by atoms with Gasteiger partial charge in [-0.2, -0.15) is 0 Å². The number of fused-ring (bicyclic) bond motifs is 1. The Bertz CT molecular complexity index is 916. The number of imide groups is 2. The molecule has 0 spiro atoms. The van der Waals surface area contributed by atoms with E-state index in [0.29, 0.717) is 71.6 Å². The monoisotopic (exact) mass is 528 g/mol. The van der Waals surface area contributed by atoms with Crippen LogP contribution in [-0.4, -0.2) is 101 Å². The lowest BCUT2D eigenvalue weighted by Gasteiger charge is -2.27. The summed E-state index contributed by atoms with van der Waals surface area (Å²) in [5.74, 6) is -2.13. The first kappa shape index (κ1) is 29.6. The first-order valence-corrected chi connectivity index (χ1v) is 11.6. The molecule has 0 aliphatic carbocycles. The number of anilines is 1. The van der Waals surface area contributed by atoms with Crippen LogP contribution >= 0.6 is 12.4 Å². The lowest BCUT2D eigenvalue weighted by atomic mass is 10.0. The van der Waals surface area contributed by atoms with Gasteiger partial charge in [0, 0.05) is 25.2 Å². The van der Waals surface area contributed by atoms with Crippen LogP contribution in [0.1, 0.15) is 33.6 Å². The van der Waals surface area contributed by atoms with Gasteiger partial charge in [-0.3, -0.25) is 29.4 Å². The van der Waals surface area contributed by atoms with E-state index in [-0.39, 0.29) is 36.4 Å². The molecule has 2 aliphatic heterocycles. The molecule has 1 saturated heterocycles. The van der Waals surface area contributed by atoms with Gasteiger partial charge in [0.25, 0.3) is 11.8 Å². The summed E-state index contributed by atoms with van der Waals surface area (Å²) in [4.78, 5) is 50.4. The number of rotatable bonds is 16. The molecule has 1 aromatic carbocycles. The van der Waals surface area contributed by atoms with Crippen molar-refractivity contribution in [2.75, 3.05) is 71.3 Å². The largest absolute Gasteiger partial charge is 0.382 e. The number of hydrogen-bond donors (Lipinski definition) is 3. The minimum atomic E-state index is -0.994. The fourth-order valence-electron chi connectivity index (χ4n) is 3.77. The molecule has 0 saturated carbocycles. The first-order valence-electron chi connectivity index (χ1n) is 11.6. The molecule has 1 unspecified atom stereocenters. The highest BCUT2D eigenvalue weighted by molar-refractivity contribution is 6.25. The molecule has 1 fully saturated rings. The van der Waals surface area contributed by atoms with Crippen LogP contribution in [0.2, 0.25) is 0 Å². The lowest BCUT2D eigenvalue weighted by molar-refractivity contribution is -0.136. The number of piperidine rings is 1. The molecule has 3 rings (SSSR count). The second-order valence-corrected chi connectivity index (χ2v) is 7.84. The van der Waals surface area contributed by atoms with Crippen molar-refractivity contribution in [1.29, 1.82) is 0 Å². The SMILES string of the molecule is Cl.NCCOCCOCCOCCOCCNc1cccc2c1C(=O)N(C1CCC(=O)NC1=O)C2=O. The predicted molar refractivity (Wildman–Crippen MR) is 131 cm³/mol. The zero-order valence-corrected chi connectivity index (χ0v) is 20.8. The number of carbonyl (C=O) groups is 4. The second kappa shape index (κ2) is 15.5. The van der Waals surface area contributed by atoms with Gasteiger partial charge in [0.1, 0.15) is 6.04 Å². The molecule has 0 radical (unpaired) electrons. The van der Waals surface area contributed by atoms with Crippen molar-refractivity contribution in [2.24, 2.45) is 5.73 Å². The Balaban J connectivity index is 0.00000456. The van der Waals surface area contributed by atoms with E-state index < -0.39 is 29.7 Å². The fraction of sp³-hybridized carbons (Fsp3) is 0.565. The van der Waals surface area contributed by atoms with E-state index in [9.17, 15) is 19.2 Å². The van der Waals surface area contributed by atoms with Crippen molar-refractivity contribution >= 4 is 41.7 Å². The Morgan fingerprint density at radius 1 is 0.889 bits per heavy atom. The van der Waals surface area contributed by atoms with Crippen molar-refractivity contribution in [1.82, 2.24) is 10.2 Å². The highest BCUT2D eigenvalue weighted by atomic mass is 35.5. The third kappa shape index (κ3) is 7.95. The summed E-state index contributed by atoms with van der Waals surface area (Å²) < 4.78 is 21.5. The summed E-state index contributed by atoms with van der Waals surface area (Å²) in [6.07, 6.45) is 0.192. The Labute approximate surface area is 215 Å². The Kier molecular flexibility index (Phi) is 12.7. The zero-order chi connectivity index (χ0) is 25.0. The smallest absolute Gasteiger partial charge is 0.264 e. The Morgan fingerprint density at radius 2 is 1.50 bits per heavy atom. The fourth-order valence-corrected chi connectivity index (χ4v) is 3.77. The van der Waals surface area contributed by atoms with Crippen molar-refractivity contribution in [3.8, 4) is 0 Å². The number of nitrogens with two attached hydrogens (primary N) is 1. The number of benzene rings is 1. The lowest BCUT2D eigenvalue weighted by Crippen LogP contribution is -2.54. The van der Waals surface area contributed by atoms with Crippen LogP contribution in [0.25, 0.3) is 0 Å². The van der Waals surface area contributed by atoms with Crippen molar-refractivity contribution in [2.45, 2.75) is 18.9 Å². The summed E-state index contributed by atoms with van der Waals surface area (Å²) in [5.41, 5.74) is 6.26. The van der Waals surface area contributed by atoms with Crippen LogP contribution in [0.5, 0.6) is 0 Å². The normalized spacial score (nSPS) is 17.1. The molecule has 0 bridgehead atoms. The van der Waals surface area contributed by atoms with Gasteiger partial charge in [0.2, 0.25) is 11.8 Å². The van der Waals surface area contributed by atoms with Crippen LogP contribution in [0, 0.1) is 0 Å². The van der Waals surface area contributed by atoms with Gasteiger partial charge in [-0.15, -0.1) is 12.4 Å². The van der Waals surface area contributed by atoms with Crippen LogP contribution < -0.4 is 16.4 Å². The number of carbonyl (C=O) groups excluding carboxylic acids is 4. The van der Waals surface area contributed by atoms with Crippen LogP contribution in [-0.2, 0) is 28.5 Å². The molecule has 12 nitrogen and oxygen atoms in total. The van der Waals surface area contributed by atoms with Crippen molar-refractivity contribution < 1.29 is 38.1 Å². The van der Waals surface area contributed by atoms with Crippen LogP contribution in [0.3, 0.4) is 0 Å². The number of ether oxygens (including phenoxy) is 4. The van der Waals surface area contributed by atoms with E-state index >= 15 is 0 Å². The predicted octanol–water partition coefficient (Wildman–Crippen LogP) is -0.0534. The Hall–Kier alpha value is -2.61. The molecule has 2 aliphatic rings. The maximum Gasteiger partial charge on any atom is 0.264 e. The molecule has 36 heavy (non-hydrogen) atoms. The number of nitrogens with one attached hydrogen (secondary N) is 2. The van der Waals surface area contributed by atoms with E-state index in [2.05, 4.69) is 10.6 Å². The molecule has 13 heteroatoms. The topological polar surface area (TPSA) is 159 Å². The molecule has 0 aromatic heterocycles. The van der Waals surface area contributed by atoms with Crippen molar-refractivity contribution in [3.63, 3.8) is 0 Å². The van der Waals surface area contributed by atoms with E-state index in [1.165, 1.54) is 0 Å². The van der Waals surface area contributed by atoms with Gasteiger partial charge in [-0.25, -0.2) is 0 Å². The molecule has 1 atom stereocenters. The standard InChI is InChI=1S/C23H32N4O8.ClH/c24-6-8-32-10-12-34-14-15-35-13-11-33-9-7-25-17-3-1-2-16-20(17)23(31)27(22(16)30)18-4-5-19(28)26-21(18)29;/h1-3,18,25H,4-15,24H2,(H,26,28,29);1H. The quantitative estimate of drug-likeness (QED) is 0.196. The molecule has 1 aromatic rings. The van der Waals surface area contributed by atoms with Crippen molar-refractivity contribution in [3.05, 3.63) is 29.3 Å². The van der Waals surface area contributed by atoms with E-state index in [1.807, 2.05) is 0 Å². The number of halogens is 1. The molecule has 4 N–H and O–H groups in total. The van der Waals surface area contributed by atoms with Gasteiger partial charge in [0.15, 0.2) is 0 Å². The van der Waals surface area contributed by atoms with E-state index in [0.717, 1.165) is 4.90 Å².